The molecular weight excluding hydrogens is 300 g/mol. The van der Waals surface area contributed by atoms with Crippen molar-refractivity contribution in [1.29, 1.82) is 0 Å². The lowest BCUT2D eigenvalue weighted by Gasteiger charge is -2.17. The molecule has 0 amide bonds. The quantitative estimate of drug-likeness (QED) is 0.719. The molecule has 1 aromatic carbocycles. The third kappa shape index (κ3) is 4.57. The molecule has 1 aromatic heterocycles. The normalized spacial score (nSPS) is 14.0. The molecule has 2 heterocycles. The van der Waals surface area contributed by atoms with Crippen LogP contribution in [0.5, 0.6) is 0 Å². The minimum Gasteiger partial charge on any atom is -0.372 e. The van der Waals surface area contributed by atoms with E-state index in [1.165, 1.54) is 31.4 Å². The van der Waals surface area contributed by atoms with E-state index in [1.54, 1.807) is 6.20 Å². The number of hydrogen-bond donors (Lipinski definition) is 2. The molecule has 0 atom stereocenters. The van der Waals surface area contributed by atoms with Crippen LogP contribution >= 0.6 is 0 Å². The minimum absolute atomic E-state index is 0.574. The highest BCUT2D eigenvalue weighted by molar-refractivity contribution is 5.61. The van der Waals surface area contributed by atoms with Crippen LogP contribution in [0.3, 0.4) is 0 Å². The van der Waals surface area contributed by atoms with E-state index < -0.39 is 0 Å². The number of aromatic nitrogens is 3. The third-order valence-electron chi connectivity index (χ3n) is 4.23. The van der Waals surface area contributed by atoms with Gasteiger partial charge in [0.05, 0.1) is 6.20 Å². The molecule has 2 aromatic rings. The summed E-state index contributed by atoms with van der Waals surface area (Å²) in [6.07, 6.45) is 7.76. The summed E-state index contributed by atoms with van der Waals surface area (Å²) in [5.74, 6) is 1.28. The molecule has 0 aliphatic carbocycles. The largest absolute Gasteiger partial charge is 0.372 e. The van der Waals surface area contributed by atoms with E-state index in [-0.39, 0.29) is 0 Å². The highest BCUT2D eigenvalue weighted by Gasteiger charge is 2.11. The van der Waals surface area contributed by atoms with Crippen molar-refractivity contribution in [3.05, 3.63) is 30.5 Å². The molecule has 0 radical (unpaired) electrons. The van der Waals surface area contributed by atoms with Crippen molar-refractivity contribution in [2.75, 3.05) is 35.2 Å². The monoisotopic (exact) mass is 326 g/mol. The van der Waals surface area contributed by atoms with Gasteiger partial charge >= 0.3 is 0 Å². The van der Waals surface area contributed by atoms with Crippen LogP contribution in [-0.2, 0) is 0 Å². The Labute approximate surface area is 143 Å². The van der Waals surface area contributed by atoms with Crippen molar-refractivity contribution >= 4 is 23.1 Å². The molecule has 6 nitrogen and oxygen atoms in total. The van der Waals surface area contributed by atoms with Crippen molar-refractivity contribution in [1.82, 2.24) is 15.2 Å². The number of hydrogen-bond acceptors (Lipinski definition) is 6. The van der Waals surface area contributed by atoms with Gasteiger partial charge in [-0.25, -0.2) is 0 Å². The van der Waals surface area contributed by atoms with E-state index >= 15 is 0 Å². The predicted octanol–water partition coefficient (Wildman–Crippen LogP) is 3.82. The summed E-state index contributed by atoms with van der Waals surface area (Å²) < 4.78 is 0. The van der Waals surface area contributed by atoms with Gasteiger partial charge in [0.1, 0.15) is 0 Å². The second kappa shape index (κ2) is 8.47. The number of anilines is 4. The van der Waals surface area contributed by atoms with Gasteiger partial charge in [-0.1, -0.05) is 19.8 Å². The van der Waals surface area contributed by atoms with Crippen molar-refractivity contribution in [2.24, 2.45) is 0 Å². The van der Waals surface area contributed by atoms with Gasteiger partial charge in [0.2, 0.25) is 5.95 Å². The maximum Gasteiger partial charge on any atom is 0.244 e. The topological polar surface area (TPSA) is 66.0 Å². The molecule has 0 unspecified atom stereocenters. The van der Waals surface area contributed by atoms with Crippen molar-refractivity contribution in [3.8, 4) is 0 Å². The number of nitrogens with one attached hydrogen (secondary N) is 2. The molecular formula is C18H26N6. The van der Waals surface area contributed by atoms with Crippen LogP contribution in [0, 0.1) is 0 Å². The molecule has 24 heavy (non-hydrogen) atoms. The first kappa shape index (κ1) is 16.5. The van der Waals surface area contributed by atoms with Crippen LogP contribution in [0.1, 0.15) is 39.0 Å². The standard InChI is InChI=1S/C18H26N6/c1-2-3-4-11-19-18-22-17(14-20-23-18)21-15-7-9-16(10-8-15)24-12-5-6-13-24/h7-10,14H,2-6,11-13H2,1H3,(H2,19,21,22,23). The summed E-state index contributed by atoms with van der Waals surface area (Å²) in [5, 5.41) is 14.6. The van der Waals surface area contributed by atoms with Gasteiger partial charge in [-0.15, -0.1) is 5.10 Å². The second-order valence-corrected chi connectivity index (χ2v) is 6.17. The SMILES string of the molecule is CCCCCNc1nncc(Nc2ccc(N3CCCC3)cc2)n1. The van der Waals surface area contributed by atoms with Gasteiger partial charge in [0, 0.05) is 31.0 Å². The lowest BCUT2D eigenvalue weighted by atomic mass is 10.2. The first-order valence-corrected chi connectivity index (χ1v) is 8.91. The fraction of sp³-hybridized carbons (Fsp3) is 0.500. The highest BCUT2D eigenvalue weighted by Crippen LogP contribution is 2.23. The van der Waals surface area contributed by atoms with E-state index in [0.29, 0.717) is 11.8 Å². The molecule has 6 heteroatoms. The molecule has 1 saturated heterocycles. The maximum atomic E-state index is 4.46. The van der Waals surface area contributed by atoms with E-state index in [4.69, 9.17) is 0 Å². The zero-order chi connectivity index (χ0) is 16.6. The molecule has 0 bridgehead atoms. The Hall–Kier alpha value is -2.37. The third-order valence-corrected chi connectivity index (χ3v) is 4.23. The molecule has 128 valence electrons. The maximum absolute atomic E-state index is 4.46. The van der Waals surface area contributed by atoms with Gasteiger partial charge in [-0.2, -0.15) is 10.1 Å². The van der Waals surface area contributed by atoms with Crippen LogP contribution in [0.15, 0.2) is 30.5 Å². The van der Waals surface area contributed by atoms with Gasteiger partial charge in [-0.3, -0.25) is 0 Å². The summed E-state index contributed by atoms with van der Waals surface area (Å²) >= 11 is 0. The summed E-state index contributed by atoms with van der Waals surface area (Å²) in [4.78, 5) is 6.88. The lowest BCUT2D eigenvalue weighted by Crippen LogP contribution is -2.17. The zero-order valence-corrected chi connectivity index (χ0v) is 14.3. The van der Waals surface area contributed by atoms with Gasteiger partial charge < -0.3 is 15.5 Å². The summed E-state index contributed by atoms with van der Waals surface area (Å²) in [6.45, 7) is 5.40. The molecule has 0 saturated carbocycles. The molecule has 0 spiro atoms. The summed E-state index contributed by atoms with van der Waals surface area (Å²) in [6, 6.07) is 8.49. The summed E-state index contributed by atoms with van der Waals surface area (Å²) in [7, 11) is 0. The first-order chi connectivity index (χ1) is 11.8. The molecule has 1 aliphatic rings. The fourth-order valence-electron chi connectivity index (χ4n) is 2.89. The average molecular weight is 326 g/mol. The highest BCUT2D eigenvalue weighted by atomic mass is 15.3. The number of nitrogens with zero attached hydrogens (tertiary/aromatic N) is 4. The van der Waals surface area contributed by atoms with E-state index in [0.717, 1.165) is 31.7 Å². The smallest absolute Gasteiger partial charge is 0.244 e. The van der Waals surface area contributed by atoms with Gasteiger partial charge in [0.25, 0.3) is 0 Å². The van der Waals surface area contributed by atoms with E-state index in [1.807, 2.05) is 0 Å². The zero-order valence-electron chi connectivity index (χ0n) is 14.3. The molecule has 1 fully saturated rings. The Morgan fingerprint density at radius 3 is 2.62 bits per heavy atom. The molecule has 1 aliphatic heterocycles. The van der Waals surface area contributed by atoms with Crippen LogP contribution in [-0.4, -0.2) is 34.8 Å². The first-order valence-electron chi connectivity index (χ1n) is 8.91. The molecule has 2 N–H and O–H groups in total. The van der Waals surface area contributed by atoms with Crippen molar-refractivity contribution in [2.45, 2.75) is 39.0 Å². The summed E-state index contributed by atoms with van der Waals surface area (Å²) in [5.41, 5.74) is 2.30. The van der Waals surface area contributed by atoms with Crippen LogP contribution < -0.4 is 15.5 Å². The fourth-order valence-corrected chi connectivity index (χ4v) is 2.89. The predicted molar refractivity (Wildman–Crippen MR) is 99.0 cm³/mol. The van der Waals surface area contributed by atoms with Crippen LogP contribution in [0.4, 0.5) is 23.1 Å². The van der Waals surface area contributed by atoms with Crippen LogP contribution in [0.25, 0.3) is 0 Å². The van der Waals surface area contributed by atoms with E-state index in [2.05, 4.69) is 61.9 Å². The van der Waals surface area contributed by atoms with Gasteiger partial charge in [0.15, 0.2) is 5.82 Å². The Bertz CT molecular complexity index is 622. The lowest BCUT2D eigenvalue weighted by molar-refractivity contribution is 0.738. The Kier molecular flexibility index (Phi) is 5.82. The number of benzene rings is 1. The number of rotatable bonds is 8. The number of unbranched alkanes of at least 4 members (excludes halogenated alkanes) is 2. The second-order valence-electron chi connectivity index (χ2n) is 6.17. The Morgan fingerprint density at radius 2 is 1.88 bits per heavy atom. The van der Waals surface area contributed by atoms with Gasteiger partial charge in [-0.05, 0) is 43.5 Å². The van der Waals surface area contributed by atoms with Crippen LogP contribution in [0.2, 0.25) is 0 Å². The van der Waals surface area contributed by atoms with Crippen molar-refractivity contribution in [3.63, 3.8) is 0 Å². The van der Waals surface area contributed by atoms with E-state index in [9.17, 15) is 0 Å². The Morgan fingerprint density at radius 1 is 1.08 bits per heavy atom. The molecule has 3 rings (SSSR count). The Balaban J connectivity index is 1.57. The average Bonchev–Trinajstić information content (AvgIpc) is 3.14. The minimum atomic E-state index is 0.574. The van der Waals surface area contributed by atoms with Crippen molar-refractivity contribution < 1.29 is 0 Å².